The number of nitrogens with one attached hydrogen (secondary N) is 2. The lowest BCUT2D eigenvalue weighted by Gasteiger charge is -2.13. The van der Waals surface area contributed by atoms with Gasteiger partial charge in [-0.25, -0.2) is 0 Å². The molecule has 0 saturated carbocycles. The molecule has 0 radical (unpaired) electrons. The maximum absolute atomic E-state index is 9.03. The van der Waals surface area contributed by atoms with Crippen molar-refractivity contribution in [3.63, 3.8) is 0 Å². The molecule has 0 amide bonds. The predicted molar refractivity (Wildman–Crippen MR) is 133 cm³/mol. The molecule has 0 aliphatic rings. The van der Waals surface area contributed by atoms with Crippen molar-refractivity contribution in [3.8, 4) is 28.7 Å². The monoisotopic (exact) mass is 444 g/mol. The molecule has 3 aromatic rings. The fourth-order valence-electron chi connectivity index (χ4n) is 3.49. The van der Waals surface area contributed by atoms with Crippen LogP contribution in [-0.2, 0) is 6.54 Å². The predicted octanol–water partition coefficient (Wildman–Crippen LogP) is 3.10. The van der Waals surface area contributed by atoms with Gasteiger partial charge in [-0.3, -0.25) is 0 Å². The molecule has 172 valence electrons. The van der Waals surface area contributed by atoms with Gasteiger partial charge in [0.15, 0.2) is 0 Å². The van der Waals surface area contributed by atoms with E-state index in [4.69, 9.17) is 14.9 Å². The van der Waals surface area contributed by atoms with Gasteiger partial charge in [-0.15, -0.1) is 0 Å². The van der Waals surface area contributed by atoms with E-state index < -0.39 is 0 Å². The molecular formula is C28H32N2O3. The molecular weight excluding hydrogens is 412 g/mol. The summed E-state index contributed by atoms with van der Waals surface area (Å²) in [6.07, 6.45) is 0. The van der Waals surface area contributed by atoms with E-state index in [9.17, 15) is 0 Å². The van der Waals surface area contributed by atoms with Crippen molar-refractivity contribution in [2.24, 2.45) is 0 Å². The third kappa shape index (κ3) is 7.45. The van der Waals surface area contributed by atoms with Gasteiger partial charge >= 0.3 is 0 Å². The van der Waals surface area contributed by atoms with Crippen LogP contribution in [0.4, 0.5) is 0 Å². The normalized spacial score (nSPS) is 10.5. The molecule has 0 spiro atoms. The van der Waals surface area contributed by atoms with Crippen molar-refractivity contribution >= 4 is 0 Å². The molecule has 5 nitrogen and oxygen atoms in total. The van der Waals surface area contributed by atoms with E-state index in [-0.39, 0.29) is 13.2 Å². The van der Waals surface area contributed by atoms with Crippen molar-refractivity contribution < 1.29 is 14.9 Å². The lowest BCUT2D eigenvalue weighted by Crippen LogP contribution is -2.24. The second-order valence-corrected chi connectivity index (χ2v) is 7.64. The zero-order chi connectivity index (χ0) is 23.3. The first-order chi connectivity index (χ1) is 16.2. The van der Waals surface area contributed by atoms with Crippen LogP contribution in [0, 0.1) is 18.8 Å². The van der Waals surface area contributed by atoms with Crippen molar-refractivity contribution in [2.45, 2.75) is 13.5 Å². The van der Waals surface area contributed by atoms with Gasteiger partial charge in [-0.05, 0) is 41.8 Å². The highest BCUT2D eigenvalue weighted by Gasteiger charge is 2.06. The second-order valence-electron chi connectivity index (χ2n) is 7.64. The van der Waals surface area contributed by atoms with E-state index in [1.807, 2.05) is 48.5 Å². The average Bonchev–Trinajstić information content (AvgIpc) is 2.85. The maximum Gasteiger partial charge on any atom is 0.125 e. The SMILES string of the molecule is Cc1c(C#Cc2ccc(CNCCO)c(OCCNCCO)c2)cccc1-c1ccccc1. The highest BCUT2D eigenvalue weighted by molar-refractivity contribution is 5.70. The van der Waals surface area contributed by atoms with Crippen LogP contribution in [0.5, 0.6) is 5.75 Å². The highest BCUT2D eigenvalue weighted by atomic mass is 16.5. The molecule has 0 fully saturated rings. The minimum atomic E-state index is 0.0895. The van der Waals surface area contributed by atoms with Crippen LogP contribution >= 0.6 is 0 Å². The van der Waals surface area contributed by atoms with Crippen LogP contribution in [0.15, 0.2) is 66.7 Å². The summed E-state index contributed by atoms with van der Waals surface area (Å²) < 4.78 is 5.99. The molecule has 3 rings (SSSR count). The minimum absolute atomic E-state index is 0.0895. The van der Waals surface area contributed by atoms with E-state index in [1.165, 1.54) is 11.1 Å². The smallest absolute Gasteiger partial charge is 0.125 e. The summed E-state index contributed by atoms with van der Waals surface area (Å²) in [5, 5.41) is 24.2. The van der Waals surface area contributed by atoms with Gasteiger partial charge in [0, 0.05) is 42.9 Å². The first kappa shape index (κ1) is 24.5. The van der Waals surface area contributed by atoms with Gasteiger partial charge in [0.25, 0.3) is 0 Å². The molecule has 0 saturated heterocycles. The average molecular weight is 445 g/mol. The first-order valence-electron chi connectivity index (χ1n) is 11.3. The molecule has 0 heterocycles. The van der Waals surface area contributed by atoms with Crippen LogP contribution in [0.3, 0.4) is 0 Å². The molecule has 5 heteroatoms. The number of hydrogen-bond acceptors (Lipinski definition) is 5. The molecule has 0 aliphatic heterocycles. The van der Waals surface area contributed by atoms with Gasteiger partial charge in [0.1, 0.15) is 12.4 Å². The molecule has 33 heavy (non-hydrogen) atoms. The van der Waals surface area contributed by atoms with E-state index in [0.29, 0.717) is 32.8 Å². The van der Waals surface area contributed by atoms with Crippen LogP contribution in [0.1, 0.15) is 22.3 Å². The number of hydrogen-bond donors (Lipinski definition) is 4. The van der Waals surface area contributed by atoms with Gasteiger partial charge < -0.3 is 25.6 Å². The summed E-state index contributed by atoms with van der Waals surface area (Å²) in [4.78, 5) is 0. The Hall–Kier alpha value is -3.14. The summed E-state index contributed by atoms with van der Waals surface area (Å²) in [5.41, 5.74) is 6.42. The lowest BCUT2D eigenvalue weighted by molar-refractivity contribution is 0.274. The second kappa shape index (κ2) is 13.4. The fraction of sp³-hybridized carbons (Fsp3) is 0.286. The van der Waals surface area contributed by atoms with Crippen molar-refractivity contribution in [1.29, 1.82) is 0 Å². The Morgan fingerprint density at radius 3 is 2.39 bits per heavy atom. The van der Waals surface area contributed by atoms with Gasteiger partial charge in [-0.2, -0.15) is 0 Å². The molecule has 0 atom stereocenters. The molecule has 0 aliphatic carbocycles. The van der Waals surface area contributed by atoms with Crippen molar-refractivity contribution in [1.82, 2.24) is 10.6 Å². The van der Waals surface area contributed by atoms with Crippen LogP contribution < -0.4 is 15.4 Å². The van der Waals surface area contributed by atoms with Gasteiger partial charge in [0.05, 0.1) is 13.2 Å². The topological polar surface area (TPSA) is 73.8 Å². The highest BCUT2D eigenvalue weighted by Crippen LogP contribution is 2.25. The van der Waals surface area contributed by atoms with E-state index in [2.05, 4.69) is 47.6 Å². The Labute approximate surface area is 196 Å². The summed E-state index contributed by atoms with van der Waals surface area (Å²) in [5.74, 6) is 7.39. The Morgan fingerprint density at radius 2 is 1.61 bits per heavy atom. The molecule has 3 aromatic carbocycles. The number of aliphatic hydroxyl groups is 2. The van der Waals surface area contributed by atoms with Gasteiger partial charge in [-0.1, -0.05) is 60.4 Å². The minimum Gasteiger partial charge on any atom is -0.492 e. The Balaban J connectivity index is 1.80. The Bertz CT molecular complexity index is 1070. The fourth-order valence-corrected chi connectivity index (χ4v) is 3.49. The van der Waals surface area contributed by atoms with E-state index in [1.54, 1.807) is 0 Å². The summed E-state index contributed by atoms with van der Waals surface area (Å²) in [6, 6.07) is 22.5. The summed E-state index contributed by atoms with van der Waals surface area (Å²) in [6.45, 7) is 5.10. The quantitative estimate of drug-likeness (QED) is 0.270. The first-order valence-corrected chi connectivity index (χ1v) is 11.3. The standard InChI is InChI=1S/C28H32N2O3/c1-22-24(8-5-9-27(22)25-6-3-2-4-7-25)12-10-23-11-13-26(21-30-15-18-32)28(20-23)33-19-16-29-14-17-31/h2-9,11,13,20,29-32H,14-19,21H2,1H3. The molecule has 4 N–H and O–H groups in total. The van der Waals surface area contributed by atoms with Crippen LogP contribution in [0.25, 0.3) is 11.1 Å². The zero-order valence-electron chi connectivity index (χ0n) is 19.1. The largest absolute Gasteiger partial charge is 0.492 e. The number of benzene rings is 3. The van der Waals surface area contributed by atoms with Crippen LogP contribution in [-0.4, -0.2) is 49.7 Å². The summed E-state index contributed by atoms with van der Waals surface area (Å²) in [7, 11) is 0. The Morgan fingerprint density at radius 1 is 0.818 bits per heavy atom. The Kier molecular flexibility index (Phi) is 9.96. The van der Waals surface area contributed by atoms with E-state index >= 15 is 0 Å². The molecule has 0 aromatic heterocycles. The number of rotatable bonds is 11. The number of aliphatic hydroxyl groups excluding tert-OH is 2. The third-order valence-electron chi connectivity index (χ3n) is 5.26. The molecule has 0 bridgehead atoms. The number of ether oxygens (including phenoxy) is 1. The van der Waals surface area contributed by atoms with Crippen molar-refractivity contribution in [3.05, 3.63) is 89.0 Å². The maximum atomic E-state index is 9.03. The van der Waals surface area contributed by atoms with Crippen LogP contribution in [0.2, 0.25) is 0 Å². The van der Waals surface area contributed by atoms with Gasteiger partial charge in [0.2, 0.25) is 0 Å². The van der Waals surface area contributed by atoms with Crippen molar-refractivity contribution in [2.75, 3.05) is 39.5 Å². The third-order valence-corrected chi connectivity index (χ3v) is 5.26. The summed E-state index contributed by atoms with van der Waals surface area (Å²) >= 11 is 0. The molecule has 0 unspecified atom stereocenters. The zero-order valence-corrected chi connectivity index (χ0v) is 19.1. The lowest BCUT2D eigenvalue weighted by atomic mass is 9.96. The van der Waals surface area contributed by atoms with E-state index in [0.717, 1.165) is 28.0 Å².